The molecule has 0 spiro atoms. The van der Waals surface area contributed by atoms with E-state index in [0.29, 0.717) is 18.1 Å². The van der Waals surface area contributed by atoms with E-state index in [1.165, 1.54) is 0 Å². The normalized spacial score (nSPS) is 11.4. The van der Waals surface area contributed by atoms with Crippen molar-refractivity contribution in [3.63, 3.8) is 0 Å². The van der Waals surface area contributed by atoms with E-state index in [0.717, 1.165) is 32.7 Å². The van der Waals surface area contributed by atoms with Crippen molar-refractivity contribution in [1.82, 2.24) is 5.32 Å². The third-order valence-corrected chi connectivity index (χ3v) is 5.92. The quantitative estimate of drug-likeness (QED) is 0.397. The van der Waals surface area contributed by atoms with Crippen LogP contribution >= 0.6 is 15.9 Å². The van der Waals surface area contributed by atoms with Crippen LogP contribution in [0.2, 0.25) is 0 Å². The van der Waals surface area contributed by atoms with Crippen molar-refractivity contribution >= 4 is 21.8 Å². The molecule has 0 saturated carbocycles. The lowest BCUT2D eigenvalue weighted by atomic mass is 9.98. The molecule has 0 aliphatic rings. The molecule has 1 N–H and O–H groups in total. The Hall–Kier alpha value is -3.19. The highest BCUT2D eigenvalue weighted by atomic mass is 79.9. The van der Waals surface area contributed by atoms with Crippen molar-refractivity contribution in [2.45, 2.75) is 19.4 Å². The lowest BCUT2D eigenvalue weighted by molar-refractivity contribution is -0.120. The van der Waals surface area contributed by atoms with E-state index in [-0.39, 0.29) is 18.4 Å². The van der Waals surface area contributed by atoms with E-state index in [4.69, 9.17) is 18.9 Å². The van der Waals surface area contributed by atoms with Crippen LogP contribution in [0.15, 0.2) is 65.1 Å². The van der Waals surface area contributed by atoms with E-state index in [9.17, 15) is 4.79 Å². The summed E-state index contributed by atoms with van der Waals surface area (Å²) in [5.74, 6) is 2.58. The van der Waals surface area contributed by atoms with Crippen molar-refractivity contribution < 1.29 is 23.7 Å². The Morgan fingerprint density at radius 1 is 0.848 bits per heavy atom. The number of hydrogen-bond donors (Lipinski definition) is 1. The molecule has 0 saturated heterocycles. The van der Waals surface area contributed by atoms with Crippen LogP contribution < -0.4 is 24.3 Å². The Morgan fingerprint density at radius 3 is 1.91 bits per heavy atom. The van der Waals surface area contributed by atoms with Crippen LogP contribution in [0, 0.1) is 0 Å². The zero-order valence-corrected chi connectivity index (χ0v) is 20.8. The second kappa shape index (κ2) is 11.6. The molecule has 0 heterocycles. The van der Waals surface area contributed by atoms with Crippen molar-refractivity contribution in [2.75, 3.05) is 27.9 Å². The Kier molecular flexibility index (Phi) is 8.60. The summed E-state index contributed by atoms with van der Waals surface area (Å²) in [6.45, 7) is 2.54. The van der Waals surface area contributed by atoms with Gasteiger partial charge in [-0.05, 0) is 60.0 Å². The molecule has 1 unspecified atom stereocenters. The highest BCUT2D eigenvalue weighted by molar-refractivity contribution is 9.10. The minimum Gasteiger partial charge on any atom is -0.497 e. The molecular formula is C26H28BrNO5. The molecule has 3 aromatic rings. The molecule has 3 rings (SSSR count). The van der Waals surface area contributed by atoms with E-state index < -0.39 is 0 Å². The van der Waals surface area contributed by atoms with Crippen molar-refractivity contribution in [3.8, 4) is 23.0 Å². The van der Waals surface area contributed by atoms with Crippen molar-refractivity contribution in [2.24, 2.45) is 0 Å². The first-order chi connectivity index (χ1) is 16.0. The summed E-state index contributed by atoms with van der Waals surface area (Å²) >= 11 is 3.53. The predicted molar refractivity (Wildman–Crippen MR) is 132 cm³/mol. The van der Waals surface area contributed by atoms with Crippen LogP contribution in [0.3, 0.4) is 0 Å². The smallest absolute Gasteiger partial charge is 0.225 e. The number of hydrogen-bond acceptors (Lipinski definition) is 5. The van der Waals surface area contributed by atoms with Crippen LogP contribution in [-0.2, 0) is 11.2 Å². The molecule has 0 bridgehead atoms. The topological polar surface area (TPSA) is 66.0 Å². The Balaban J connectivity index is 1.87. The van der Waals surface area contributed by atoms with Crippen molar-refractivity contribution in [1.29, 1.82) is 0 Å². The second-order valence-electron chi connectivity index (χ2n) is 7.25. The number of halogens is 1. The average Bonchev–Trinajstić information content (AvgIpc) is 2.84. The summed E-state index contributed by atoms with van der Waals surface area (Å²) in [6, 6.07) is 18.7. The van der Waals surface area contributed by atoms with Crippen LogP contribution in [0.5, 0.6) is 23.0 Å². The highest BCUT2D eigenvalue weighted by Crippen LogP contribution is 2.34. The molecule has 33 heavy (non-hydrogen) atoms. The maximum Gasteiger partial charge on any atom is 0.225 e. The molecule has 3 aromatic carbocycles. The molecule has 0 radical (unpaired) electrons. The van der Waals surface area contributed by atoms with E-state index >= 15 is 0 Å². The minimum atomic E-state index is -0.335. The van der Waals surface area contributed by atoms with Gasteiger partial charge < -0.3 is 24.3 Å². The number of amides is 1. The summed E-state index contributed by atoms with van der Waals surface area (Å²) in [5, 5.41) is 3.17. The number of benzene rings is 3. The summed E-state index contributed by atoms with van der Waals surface area (Å²) in [7, 11) is 4.77. The lowest BCUT2D eigenvalue weighted by Gasteiger charge is -2.21. The Bertz CT molecular complexity index is 1070. The fourth-order valence-electron chi connectivity index (χ4n) is 3.50. The summed E-state index contributed by atoms with van der Waals surface area (Å²) in [5.41, 5.74) is 2.69. The molecule has 1 amide bonds. The minimum absolute atomic E-state index is 0.127. The van der Waals surface area contributed by atoms with Gasteiger partial charge in [0.2, 0.25) is 5.91 Å². The first kappa shape index (κ1) is 24.5. The molecule has 7 heteroatoms. The Labute approximate surface area is 202 Å². The van der Waals surface area contributed by atoms with E-state index in [1.807, 2.05) is 61.5 Å². The maximum absolute atomic E-state index is 13.1. The third kappa shape index (κ3) is 6.20. The van der Waals surface area contributed by atoms with Crippen LogP contribution in [0.1, 0.15) is 29.7 Å². The van der Waals surface area contributed by atoms with Gasteiger partial charge in [0.1, 0.15) is 11.5 Å². The van der Waals surface area contributed by atoms with Gasteiger partial charge in [-0.1, -0.05) is 40.2 Å². The first-order valence-electron chi connectivity index (χ1n) is 10.6. The van der Waals surface area contributed by atoms with Gasteiger partial charge >= 0.3 is 0 Å². The molecule has 0 aromatic heterocycles. The number of carbonyl (C=O) groups is 1. The van der Waals surface area contributed by atoms with Crippen LogP contribution in [-0.4, -0.2) is 33.8 Å². The van der Waals surface area contributed by atoms with Gasteiger partial charge in [-0.3, -0.25) is 4.79 Å². The second-order valence-corrected chi connectivity index (χ2v) is 8.11. The Morgan fingerprint density at radius 2 is 1.39 bits per heavy atom. The lowest BCUT2D eigenvalue weighted by Crippen LogP contribution is -2.30. The van der Waals surface area contributed by atoms with E-state index in [2.05, 4.69) is 21.2 Å². The van der Waals surface area contributed by atoms with Gasteiger partial charge in [0, 0.05) is 4.47 Å². The largest absolute Gasteiger partial charge is 0.497 e. The van der Waals surface area contributed by atoms with Gasteiger partial charge in [0.05, 0.1) is 40.4 Å². The molecule has 0 fully saturated rings. The SMILES string of the molecule is CCOc1ccc(C(NC(=O)Cc2cc(OC)c(OC)cc2Br)c2ccc(OC)cc2)cc1. The molecule has 0 aliphatic heterocycles. The first-order valence-corrected chi connectivity index (χ1v) is 11.3. The average molecular weight is 514 g/mol. The maximum atomic E-state index is 13.1. The standard InChI is InChI=1S/C26H28BrNO5/c1-5-33-21-12-8-18(9-13-21)26(17-6-10-20(30-2)11-7-17)28-25(29)15-19-14-23(31-3)24(32-4)16-22(19)27/h6-14,16,26H,5,15H2,1-4H3,(H,28,29). The van der Waals surface area contributed by atoms with Gasteiger partial charge in [0.15, 0.2) is 11.5 Å². The molecular weight excluding hydrogens is 486 g/mol. The fourth-order valence-corrected chi connectivity index (χ4v) is 3.96. The molecule has 1 atom stereocenters. The van der Waals surface area contributed by atoms with Crippen molar-refractivity contribution in [3.05, 3.63) is 81.8 Å². The predicted octanol–water partition coefficient (Wildman–Crippen LogP) is 5.32. The molecule has 0 aliphatic carbocycles. The number of rotatable bonds is 10. The summed E-state index contributed by atoms with van der Waals surface area (Å²) in [4.78, 5) is 13.1. The van der Waals surface area contributed by atoms with Gasteiger partial charge in [-0.15, -0.1) is 0 Å². The number of carbonyl (C=O) groups excluding carboxylic acids is 1. The highest BCUT2D eigenvalue weighted by Gasteiger charge is 2.19. The molecule has 174 valence electrons. The summed E-state index contributed by atoms with van der Waals surface area (Å²) in [6.07, 6.45) is 0.171. The van der Waals surface area contributed by atoms with Gasteiger partial charge in [-0.25, -0.2) is 0 Å². The zero-order chi connectivity index (χ0) is 23.8. The van der Waals surface area contributed by atoms with Crippen LogP contribution in [0.4, 0.5) is 0 Å². The number of methoxy groups -OCH3 is 3. The van der Waals surface area contributed by atoms with Gasteiger partial charge in [-0.2, -0.15) is 0 Å². The number of ether oxygens (including phenoxy) is 4. The van der Waals surface area contributed by atoms with Gasteiger partial charge in [0.25, 0.3) is 0 Å². The van der Waals surface area contributed by atoms with E-state index in [1.54, 1.807) is 27.4 Å². The summed E-state index contributed by atoms with van der Waals surface area (Å²) < 4.78 is 22.3. The monoisotopic (exact) mass is 513 g/mol. The van der Waals surface area contributed by atoms with Crippen LogP contribution in [0.25, 0.3) is 0 Å². The number of nitrogens with one attached hydrogen (secondary N) is 1. The third-order valence-electron chi connectivity index (χ3n) is 5.18. The molecule has 6 nitrogen and oxygen atoms in total. The zero-order valence-electron chi connectivity index (χ0n) is 19.2. The fraction of sp³-hybridized carbons (Fsp3) is 0.269.